The third-order valence-corrected chi connectivity index (χ3v) is 15.7. The van der Waals surface area contributed by atoms with E-state index in [0.717, 1.165) is 70.6 Å². The molecule has 0 aliphatic carbocycles. The zero-order chi connectivity index (χ0) is 57.3. The monoisotopic (exact) mass is 1120 g/mol. The number of rotatable bonds is 58. The molecule has 1 heterocycles. The third-order valence-electron chi connectivity index (χ3n) is 15.7. The molecule has 1 rings (SSSR count). The van der Waals surface area contributed by atoms with Gasteiger partial charge in [-0.1, -0.05) is 255 Å². The van der Waals surface area contributed by atoms with Crippen LogP contribution in [0.1, 0.15) is 309 Å². The molecule has 0 saturated carbocycles. The zero-order valence-corrected chi connectivity index (χ0v) is 51.1. The highest BCUT2D eigenvalue weighted by Gasteiger charge is 2.44. The van der Waals surface area contributed by atoms with Crippen molar-refractivity contribution in [3.63, 3.8) is 0 Å². The standard InChI is InChI=1S/C68H125NO10/c1-3-5-7-9-11-13-14-15-29-33-36-40-44-48-52-56-64(73)77-57-53-49-45-41-37-34-31-28-26-24-22-20-18-16-17-19-21-23-25-27-30-32-35-39-43-47-51-55-63(72)69-60(61(71)54-50-46-42-38-12-10-8-6-4-2)59-78-68-67(76)66(75)65(74)62(58-70)79-68/h15-17,20,22,29,50,54,60-62,65-68,70-71,74-76H,3-14,18-19,21,23-28,30-49,51-53,55-59H2,1-2H3,(H,69,72)/b17-16-,22-20-,29-15-,54-50+. The molecule has 0 bridgehead atoms. The van der Waals surface area contributed by atoms with Crippen LogP contribution < -0.4 is 5.32 Å². The van der Waals surface area contributed by atoms with Crippen LogP contribution in [-0.2, 0) is 23.8 Å². The predicted molar refractivity (Wildman–Crippen MR) is 329 cm³/mol. The van der Waals surface area contributed by atoms with Gasteiger partial charge in [-0.2, -0.15) is 0 Å². The van der Waals surface area contributed by atoms with Crippen molar-refractivity contribution in [3.05, 3.63) is 48.6 Å². The van der Waals surface area contributed by atoms with E-state index in [4.69, 9.17) is 14.2 Å². The third kappa shape index (κ3) is 46.8. The Bertz CT molecular complexity index is 1450. The number of hydrogen-bond donors (Lipinski definition) is 6. The molecule has 6 N–H and O–H groups in total. The fourth-order valence-electron chi connectivity index (χ4n) is 10.3. The number of esters is 1. The molecule has 0 aromatic rings. The molecule has 11 nitrogen and oxygen atoms in total. The van der Waals surface area contributed by atoms with Crippen molar-refractivity contribution >= 4 is 11.9 Å². The summed E-state index contributed by atoms with van der Waals surface area (Å²) in [5, 5.41) is 54.2. The topological polar surface area (TPSA) is 175 Å². The first-order valence-electron chi connectivity index (χ1n) is 33.4. The summed E-state index contributed by atoms with van der Waals surface area (Å²) in [5.74, 6) is -0.194. The maximum Gasteiger partial charge on any atom is 0.305 e. The van der Waals surface area contributed by atoms with Crippen molar-refractivity contribution < 1.29 is 49.3 Å². The van der Waals surface area contributed by atoms with Gasteiger partial charge >= 0.3 is 5.97 Å². The van der Waals surface area contributed by atoms with Gasteiger partial charge in [0.1, 0.15) is 24.4 Å². The molecule has 0 radical (unpaired) electrons. The van der Waals surface area contributed by atoms with Crippen LogP contribution in [0.5, 0.6) is 0 Å². The smallest absolute Gasteiger partial charge is 0.305 e. The van der Waals surface area contributed by atoms with E-state index in [2.05, 4.69) is 55.6 Å². The molecule has 0 spiro atoms. The Hall–Kier alpha value is -2.38. The van der Waals surface area contributed by atoms with Crippen molar-refractivity contribution in [1.82, 2.24) is 5.32 Å². The van der Waals surface area contributed by atoms with Crippen molar-refractivity contribution in [2.45, 2.75) is 352 Å². The van der Waals surface area contributed by atoms with Crippen LogP contribution in [0.15, 0.2) is 48.6 Å². The van der Waals surface area contributed by atoms with Crippen LogP contribution in [0.25, 0.3) is 0 Å². The van der Waals surface area contributed by atoms with Crippen LogP contribution >= 0.6 is 0 Å². The molecule has 11 heteroatoms. The number of unbranched alkanes of at least 4 members (excludes halogenated alkanes) is 38. The normalized spacial score (nSPS) is 18.7. The average molecular weight is 1120 g/mol. The first kappa shape index (κ1) is 74.6. The van der Waals surface area contributed by atoms with Gasteiger partial charge in [0.05, 0.1) is 32.0 Å². The second kappa shape index (κ2) is 57.4. The van der Waals surface area contributed by atoms with Crippen LogP contribution in [0.4, 0.5) is 0 Å². The Balaban J connectivity index is 1.96. The van der Waals surface area contributed by atoms with Gasteiger partial charge in [0, 0.05) is 12.8 Å². The summed E-state index contributed by atoms with van der Waals surface area (Å²) in [6, 6.07) is -0.812. The Labute approximate surface area is 485 Å². The van der Waals surface area contributed by atoms with Crippen molar-refractivity contribution in [1.29, 1.82) is 0 Å². The van der Waals surface area contributed by atoms with E-state index in [0.29, 0.717) is 19.4 Å². The first-order chi connectivity index (χ1) is 38.7. The number of nitrogens with one attached hydrogen (secondary N) is 1. The first-order valence-corrected chi connectivity index (χ1v) is 33.4. The lowest BCUT2D eigenvalue weighted by molar-refractivity contribution is -0.302. The van der Waals surface area contributed by atoms with Crippen molar-refractivity contribution in [3.8, 4) is 0 Å². The molecule has 0 aromatic carbocycles. The summed E-state index contributed by atoms with van der Waals surface area (Å²) in [4.78, 5) is 25.1. The molecule has 79 heavy (non-hydrogen) atoms. The summed E-state index contributed by atoms with van der Waals surface area (Å²) in [6.07, 6.45) is 63.8. The van der Waals surface area contributed by atoms with E-state index in [-0.39, 0.29) is 18.5 Å². The summed E-state index contributed by atoms with van der Waals surface area (Å²) < 4.78 is 16.7. The highest BCUT2D eigenvalue weighted by atomic mass is 16.7. The minimum absolute atomic E-state index is 0.00711. The molecule has 462 valence electrons. The number of aliphatic hydroxyl groups is 5. The van der Waals surface area contributed by atoms with Crippen molar-refractivity contribution in [2.24, 2.45) is 0 Å². The Morgan fingerprint density at radius 3 is 1.29 bits per heavy atom. The van der Waals surface area contributed by atoms with Crippen molar-refractivity contribution in [2.75, 3.05) is 19.8 Å². The number of allylic oxidation sites excluding steroid dienone is 7. The highest BCUT2D eigenvalue weighted by molar-refractivity contribution is 5.76. The zero-order valence-electron chi connectivity index (χ0n) is 51.1. The minimum atomic E-state index is -1.57. The predicted octanol–water partition coefficient (Wildman–Crippen LogP) is 16.4. The second-order valence-corrected chi connectivity index (χ2v) is 23.2. The Morgan fingerprint density at radius 1 is 0.468 bits per heavy atom. The van der Waals surface area contributed by atoms with Gasteiger partial charge in [-0.05, 0) is 89.9 Å². The largest absolute Gasteiger partial charge is 0.466 e. The summed E-state index contributed by atoms with van der Waals surface area (Å²) >= 11 is 0. The van der Waals surface area contributed by atoms with Gasteiger partial charge in [-0.3, -0.25) is 9.59 Å². The SMILES string of the molecule is CCCCCCCC/C=C\CCCCCCCC(=O)OCCCCCCCCCCC/C=C\C/C=C\CCCCCCCCCCCCCC(=O)NC(COC1OC(CO)C(O)C(O)C1O)C(O)/C=C/CCCCCCCCC. The molecule has 7 unspecified atom stereocenters. The molecule has 1 aliphatic rings. The van der Waals surface area contributed by atoms with Gasteiger partial charge in [-0.15, -0.1) is 0 Å². The van der Waals surface area contributed by atoms with E-state index in [9.17, 15) is 35.1 Å². The number of hydrogen-bond acceptors (Lipinski definition) is 10. The fourth-order valence-corrected chi connectivity index (χ4v) is 10.3. The molecule has 1 amide bonds. The van der Waals surface area contributed by atoms with E-state index in [1.807, 2.05) is 6.08 Å². The number of amides is 1. The van der Waals surface area contributed by atoms with Gasteiger partial charge in [0.2, 0.25) is 5.91 Å². The Morgan fingerprint density at radius 2 is 0.848 bits per heavy atom. The highest BCUT2D eigenvalue weighted by Crippen LogP contribution is 2.23. The summed E-state index contributed by atoms with van der Waals surface area (Å²) in [6.45, 7) is 4.31. The molecule has 0 aromatic heterocycles. The number of carbonyl (C=O) groups excluding carboxylic acids is 2. The van der Waals surface area contributed by atoms with Crippen LogP contribution in [0, 0.1) is 0 Å². The molecule has 1 fully saturated rings. The summed E-state index contributed by atoms with van der Waals surface area (Å²) in [5.41, 5.74) is 0. The average Bonchev–Trinajstić information content (AvgIpc) is 3.47. The molecule has 1 saturated heterocycles. The van der Waals surface area contributed by atoms with E-state index >= 15 is 0 Å². The van der Waals surface area contributed by atoms with E-state index < -0.39 is 49.5 Å². The molecule has 7 atom stereocenters. The van der Waals surface area contributed by atoms with Crippen LogP contribution in [0.3, 0.4) is 0 Å². The quantitative estimate of drug-likeness (QED) is 0.0195. The number of carbonyl (C=O) groups is 2. The van der Waals surface area contributed by atoms with Gasteiger partial charge < -0.3 is 45.1 Å². The van der Waals surface area contributed by atoms with Gasteiger partial charge in [-0.25, -0.2) is 0 Å². The number of ether oxygens (including phenoxy) is 3. The van der Waals surface area contributed by atoms with E-state index in [1.54, 1.807) is 6.08 Å². The number of aliphatic hydroxyl groups excluding tert-OH is 5. The van der Waals surface area contributed by atoms with E-state index in [1.165, 1.54) is 212 Å². The maximum atomic E-state index is 13.0. The second-order valence-electron chi connectivity index (χ2n) is 23.2. The summed E-state index contributed by atoms with van der Waals surface area (Å²) in [7, 11) is 0. The van der Waals surface area contributed by atoms with Gasteiger partial charge in [0.15, 0.2) is 6.29 Å². The lowest BCUT2D eigenvalue weighted by Gasteiger charge is -2.40. The van der Waals surface area contributed by atoms with Gasteiger partial charge in [0.25, 0.3) is 0 Å². The fraction of sp³-hybridized carbons (Fsp3) is 0.853. The molecular formula is C68H125NO10. The van der Waals surface area contributed by atoms with Crippen LogP contribution in [-0.4, -0.2) is 100 Å². The Kier molecular flexibility index (Phi) is 54.3. The van der Waals surface area contributed by atoms with Crippen LogP contribution in [0.2, 0.25) is 0 Å². The minimum Gasteiger partial charge on any atom is -0.466 e. The molecule has 1 aliphatic heterocycles. The lowest BCUT2D eigenvalue weighted by Crippen LogP contribution is -2.60. The maximum absolute atomic E-state index is 13.0. The lowest BCUT2D eigenvalue weighted by atomic mass is 9.99. The molecular weight excluding hydrogens is 991 g/mol.